The van der Waals surface area contributed by atoms with Gasteiger partial charge in [0.2, 0.25) is 0 Å². The largest absolute Gasteiger partial charge is 0.384 e. The van der Waals surface area contributed by atoms with Gasteiger partial charge in [0.15, 0.2) is 0 Å². The van der Waals surface area contributed by atoms with Crippen LogP contribution in [-0.4, -0.2) is 24.3 Å². The first-order valence-electron chi connectivity index (χ1n) is 4.58. The molecule has 0 radical (unpaired) electrons. The van der Waals surface area contributed by atoms with E-state index in [1.165, 1.54) is 0 Å². The molecule has 1 N–H and O–H groups in total. The van der Waals surface area contributed by atoms with Crippen LogP contribution in [-0.2, 0) is 0 Å². The van der Waals surface area contributed by atoms with Crippen molar-refractivity contribution in [3.63, 3.8) is 0 Å². The summed E-state index contributed by atoms with van der Waals surface area (Å²) < 4.78 is 0. The number of hydrogen-bond donors (Lipinski definition) is 1. The summed E-state index contributed by atoms with van der Waals surface area (Å²) >= 11 is 1.83. The van der Waals surface area contributed by atoms with Crippen molar-refractivity contribution in [1.82, 2.24) is 0 Å². The number of rotatable bonds is 5. The van der Waals surface area contributed by atoms with Gasteiger partial charge < -0.3 is 5.32 Å². The molecule has 0 saturated carbocycles. The quantitative estimate of drug-likeness (QED) is 0.756. The molecule has 76 valence electrons. The zero-order valence-electron chi connectivity index (χ0n) is 8.49. The van der Waals surface area contributed by atoms with E-state index in [9.17, 15) is 4.79 Å². The number of thioether (sulfide) groups is 1. The normalized spacial score (nSPS) is 12.1. The molecule has 2 nitrogen and oxygen atoms in total. The first kappa shape index (κ1) is 11.1. The van der Waals surface area contributed by atoms with Gasteiger partial charge in [-0.3, -0.25) is 4.79 Å². The van der Waals surface area contributed by atoms with Gasteiger partial charge in [-0.2, -0.15) is 11.8 Å². The van der Waals surface area contributed by atoms with Crippen molar-refractivity contribution in [2.45, 2.75) is 12.2 Å². The minimum atomic E-state index is 0.598. The van der Waals surface area contributed by atoms with E-state index in [0.717, 1.165) is 18.5 Å². The number of carbonyl (C=O) groups is 1. The summed E-state index contributed by atoms with van der Waals surface area (Å²) in [6, 6.07) is 7.49. The highest BCUT2D eigenvalue weighted by atomic mass is 32.2. The molecular formula is C11H15NOS. The van der Waals surface area contributed by atoms with Crippen LogP contribution in [0, 0.1) is 0 Å². The molecule has 0 heterocycles. The first-order chi connectivity index (χ1) is 6.76. The van der Waals surface area contributed by atoms with Gasteiger partial charge in [-0.25, -0.2) is 0 Å². The number of aldehydes is 1. The number of benzene rings is 1. The molecule has 0 saturated heterocycles. The molecule has 0 aromatic heterocycles. The summed E-state index contributed by atoms with van der Waals surface area (Å²) in [6.07, 6.45) is 2.95. The Labute approximate surface area is 89.1 Å². The molecule has 3 heteroatoms. The number of nitrogens with one attached hydrogen (secondary N) is 1. The maximum absolute atomic E-state index is 10.4. The summed E-state index contributed by atoms with van der Waals surface area (Å²) in [5, 5.41) is 3.91. The molecule has 1 unspecified atom stereocenters. The van der Waals surface area contributed by atoms with Crippen molar-refractivity contribution in [3.8, 4) is 0 Å². The van der Waals surface area contributed by atoms with Crippen LogP contribution < -0.4 is 5.32 Å². The van der Waals surface area contributed by atoms with Crippen LogP contribution in [0.4, 0.5) is 5.69 Å². The zero-order valence-corrected chi connectivity index (χ0v) is 9.30. The lowest BCUT2D eigenvalue weighted by molar-refractivity contribution is 0.112. The molecule has 0 aliphatic heterocycles. The SMILES string of the molecule is CSC(C)CNc1ccc(C=O)cc1. The molecule has 0 aliphatic carbocycles. The second kappa shape index (κ2) is 5.70. The van der Waals surface area contributed by atoms with E-state index in [4.69, 9.17) is 0 Å². The summed E-state index contributed by atoms with van der Waals surface area (Å²) in [6.45, 7) is 3.12. The Balaban J connectivity index is 2.47. The van der Waals surface area contributed by atoms with Crippen molar-refractivity contribution >= 4 is 23.7 Å². The molecule has 0 amide bonds. The highest BCUT2D eigenvalue weighted by Gasteiger charge is 1.98. The topological polar surface area (TPSA) is 29.1 Å². The second-order valence-corrected chi connectivity index (χ2v) is 4.44. The Morgan fingerprint density at radius 3 is 2.57 bits per heavy atom. The van der Waals surface area contributed by atoms with Crippen LogP contribution >= 0.6 is 11.8 Å². The van der Waals surface area contributed by atoms with Gasteiger partial charge in [0.05, 0.1) is 0 Å². The lowest BCUT2D eigenvalue weighted by atomic mass is 10.2. The van der Waals surface area contributed by atoms with Crippen LogP contribution in [0.1, 0.15) is 17.3 Å². The van der Waals surface area contributed by atoms with Crippen molar-refractivity contribution in [2.75, 3.05) is 18.1 Å². The summed E-state index contributed by atoms with van der Waals surface area (Å²) in [4.78, 5) is 10.4. The van der Waals surface area contributed by atoms with Crippen molar-refractivity contribution in [1.29, 1.82) is 0 Å². The van der Waals surface area contributed by atoms with Gasteiger partial charge in [-0.05, 0) is 30.5 Å². The van der Waals surface area contributed by atoms with Gasteiger partial charge in [-0.15, -0.1) is 0 Å². The third-order valence-electron chi connectivity index (χ3n) is 2.04. The molecule has 0 spiro atoms. The lowest BCUT2D eigenvalue weighted by Gasteiger charge is -2.10. The summed E-state index contributed by atoms with van der Waals surface area (Å²) in [5.41, 5.74) is 1.78. The Hall–Kier alpha value is -0.960. The van der Waals surface area contributed by atoms with Crippen LogP contribution in [0.3, 0.4) is 0 Å². The maximum atomic E-state index is 10.4. The highest BCUT2D eigenvalue weighted by molar-refractivity contribution is 7.99. The number of hydrogen-bond acceptors (Lipinski definition) is 3. The first-order valence-corrected chi connectivity index (χ1v) is 5.87. The van der Waals surface area contributed by atoms with Gasteiger partial charge in [0, 0.05) is 23.0 Å². The van der Waals surface area contributed by atoms with Gasteiger partial charge in [0.1, 0.15) is 6.29 Å². The standard InChI is InChI=1S/C11H15NOS/c1-9(14-2)7-12-11-5-3-10(8-13)4-6-11/h3-6,8-9,12H,7H2,1-2H3. The third-order valence-corrected chi connectivity index (χ3v) is 3.01. The maximum Gasteiger partial charge on any atom is 0.150 e. The number of carbonyl (C=O) groups excluding carboxylic acids is 1. The van der Waals surface area contributed by atoms with E-state index in [1.54, 1.807) is 0 Å². The minimum Gasteiger partial charge on any atom is -0.384 e. The predicted molar refractivity (Wildman–Crippen MR) is 63.3 cm³/mol. The van der Waals surface area contributed by atoms with E-state index < -0.39 is 0 Å². The Morgan fingerprint density at radius 1 is 1.43 bits per heavy atom. The zero-order chi connectivity index (χ0) is 10.4. The molecule has 14 heavy (non-hydrogen) atoms. The van der Waals surface area contributed by atoms with Gasteiger partial charge >= 0.3 is 0 Å². The Bertz CT molecular complexity index is 284. The fourth-order valence-corrected chi connectivity index (χ4v) is 1.27. The van der Waals surface area contributed by atoms with Gasteiger partial charge in [-0.1, -0.05) is 6.92 Å². The lowest BCUT2D eigenvalue weighted by Crippen LogP contribution is -2.12. The second-order valence-electron chi connectivity index (χ2n) is 3.17. The van der Waals surface area contributed by atoms with Crippen molar-refractivity contribution < 1.29 is 4.79 Å². The molecule has 1 atom stereocenters. The van der Waals surface area contributed by atoms with E-state index >= 15 is 0 Å². The van der Waals surface area contributed by atoms with Crippen LogP contribution in [0.25, 0.3) is 0 Å². The molecule has 1 aromatic carbocycles. The number of anilines is 1. The van der Waals surface area contributed by atoms with Crippen molar-refractivity contribution in [2.24, 2.45) is 0 Å². The molecule has 1 rings (SSSR count). The molecule has 1 aromatic rings. The molecule has 0 fully saturated rings. The Morgan fingerprint density at radius 2 is 2.07 bits per heavy atom. The van der Waals surface area contributed by atoms with E-state index in [1.807, 2.05) is 36.0 Å². The van der Waals surface area contributed by atoms with E-state index in [0.29, 0.717) is 10.8 Å². The molecular weight excluding hydrogens is 194 g/mol. The summed E-state index contributed by atoms with van der Waals surface area (Å²) in [5.74, 6) is 0. The van der Waals surface area contributed by atoms with E-state index in [2.05, 4.69) is 18.5 Å². The predicted octanol–water partition coefficient (Wildman–Crippen LogP) is 2.66. The Kier molecular flexibility index (Phi) is 4.53. The van der Waals surface area contributed by atoms with Crippen LogP contribution in [0.5, 0.6) is 0 Å². The highest BCUT2D eigenvalue weighted by Crippen LogP contribution is 2.10. The van der Waals surface area contributed by atoms with Crippen molar-refractivity contribution in [3.05, 3.63) is 29.8 Å². The average molecular weight is 209 g/mol. The average Bonchev–Trinajstić information content (AvgIpc) is 2.26. The smallest absolute Gasteiger partial charge is 0.150 e. The molecule has 0 bridgehead atoms. The van der Waals surface area contributed by atoms with E-state index in [-0.39, 0.29) is 0 Å². The molecule has 0 aliphatic rings. The monoisotopic (exact) mass is 209 g/mol. The van der Waals surface area contributed by atoms with Crippen LogP contribution in [0.15, 0.2) is 24.3 Å². The third kappa shape index (κ3) is 3.42. The van der Waals surface area contributed by atoms with Gasteiger partial charge in [0.25, 0.3) is 0 Å². The minimum absolute atomic E-state index is 0.598. The fourth-order valence-electron chi connectivity index (χ4n) is 1.02. The fraction of sp³-hybridized carbons (Fsp3) is 0.364. The van der Waals surface area contributed by atoms with Crippen LogP contribution in [0.2, 0.25) is 0 Å². The summed E-state index contributed by atoms with van der Waals surface area (Å²) in [7, 11) is 0.